The molecule has 0 saturated heterocycles. The summed E-state index contributed by atoms with van der Waals surface area (Å²) in [5.41, 5.74) is 1.47. The van der Waals surface area contributed by atoms with Crippen molar-refractivity contribution in [2.45, 2.75) is 19.4 Å². The Morgan fingerprint density at radius 1 is 1.38 bits per heavy atom. The van der Waals surface area contributed by atoms with Crippen LogP contribution in [0.2, 0.25) is 0 Å². The van der Waals surface area contributed by atoms with Crippen LogP contribution in [0.15, 0.2) is 37.2 Å². The van der Waals surface area contributed by atoms with Crippen molar-refractivity contribution in [2.75, 3.05) is 5.32 Å². The second-order valence-corrected chi connectivity index (χ2v) is 5.94. The first-order valence-corrected chi connectivity index (χ1v) is 7.81. The summed E-state index contributed by atoms with van der Waals surface area (Å²) < 4.78 is 3.91. The van der Waals surface area contributed by atoms with E-state index >= 15 is 0 Å². The summed E-state index contributed by atoms with van der Waals surface area (Å²) in [5, 5.41) is 10.9. The molecule has 0 bridgehead atoms. The van der Waals surface area contributed by atoms with E-state index in [0.29, 0.717) is 17.9 Å². The zero-order chi connectivity index (χ0) is 16.5. The van der Waals surface area contributed by atoms with Crippen LogP contribution in [0.5, 0.6) is 0 Å². The predicted molar refractivity (Wildman–Crippen MR) is 86.9 cm³/mol. The number of carbonyl (C=O) groups excluding carboxylic acids is 1. The molecule has 4 rings (SSSR count). The van der Waals surface area contributed by atoms with Crippen LogP contribution >= 0.6 is 0 Å². The lowest BCUT2D eigenvalue weighted by atomic mass is 9.97. The summed E-state index contributed by atoms with van der Waals surface area (Å²) in [4.78, 5) is 21.1. The van der Waals surface area contributed by atoms with Crippen LogP contribution in [0.25, 0.3) is 11.4 Å². The highest BCUT2D eigenvalue weighted by Gasteiger charge is 2.25. The molecule has 0 spiro atoms. The Morgan fingerprint density at radius 2 is 2.29 bits per heavy atom. The molecule has 1 N–H and O–H groups in total. The van der Waals surface area contributed by atoms with Gasteiger partial charge in [-0.3, -0.25) is 9.78 Å². The van der Waals surface area contributed by atoms with E-state index in [-0.39, 0.29) is 11.8 Å². The van der Waals surface area contributed by atoms with Crippen LogP contribution in [0.1, 0.15) is 12.2 Å². The van der Waals surface area contributed by atoms with E-state index in [2.05, 4.69) is 30.0 Å². The first kappa shape index (κ1) is 14.6. The Kier molecular flexibility index (Phi) is 3.56. The quantitative estimate of drug-likeness (QED) is 0.784. The lowest BCUT2D eigenvalue weighted by Gasteiger charge is -2.22. The largest absolute Gasteiger partial charge is 0.335 e. The van der Waals surface area contributed by atoms with Crippen LogP contribution in [0, 0.1) is 5.92 Å². The lowest BCUT2D eigenvalue weighted by Crippen LogP contribution is -2.30. The molecule has 1 atom stereocenters. The third-order valence-corrected chi connectivity index (χ3v) is 4.30. The van der Waals surface area contributed by atoms with E-state index in [1.54, 1.807) is 24.9 Å². The number of aryl methyl sites for hydroxylation is 2. The Morgan fingerprint density at radius 3 is 3.12 bits per heavy atom. The van der Waals surface area contributed by atoms with Gasteiger partial charge in [-0.15, -0.1) is 10.2 Å². The van der Waals surface area contributed by atoms with Gasteiger partial charge in [-0.2, -0.15) is 0 Å². The Labute approximate surface area is 138 Å². The number of pyridine rings is 1. The second-order valence-electron chi connectivity index (χ2n) is 5.94. The molecule has 4 heterocycles. The molecule has 0 aliphatic carbocycles. The first-order valence-electron chi connectivity index (χ1n) is 7.81. The number of nitrogens with one attached hydrogen (secondary N) is 1. The van der Waals surface area contributed by atoms with Crippen LogP contribution in [0.3, 0.4) is 0 Å². The van der Waals surface area contributed by atoms with Crippen molar-refractivity contribution < 1.29 is 4.79 Å². The molecule has 0 aromatic carbocycles. The number of aromatic nitrogens is 6. The summed E-state index contributed by atoms with van der Waals surface area (Å²) in [6.45, 7) is 0.824. The molecule has 122 valence electrons. The summed E-state index contributed by atoms with van der Waals surface area (Å²) in [6, 6.07) is 1.86. The van der Waals surface area contributed by atoms with Crippen LogP contribution < -0.4 is 5.32 Å². The third kappa shape index (κ3) is 2.66. The number of amides is 1. The van der Waals surface area contributed by atoms with Crippen LogP contribution in [-0.4, -0.2) is 35.2 Å². The zero-order valence-electron chi connectivity index (χ0n) is 13.3. The predicted octanol–water partition coefficient (Wildman–Crippen LogP) is 1.27. The fraction of sp³-hybridized carbons (Fsp3) is 0.312. The maximum atomic E-state index is 12.6. The molecule has 1 unspecified atom stereocenters. The molecular formula is C16H17N7O. The van der Waals surface area contributed by atoms with Gasteiger partial charge in [0.25, 0.3) is 0 Å². The minimum absolute atomic E-state index is 0.00108. The highest BCUT2D eigenvalue weighted by Crippen LogP contribution is 2.22. The number of anilines is 1. The van der Waals surface area contributed by atoms with Crippen molar-refractivity contribution in [3.63, 3.8) is 0 Å². The molecule has 8 heteroatoms. The molecule has 0 radical (unpaired) electrons. The van der Waals surface area contributed by atoms with E-state index in [4.69, 9.17) is 0 Å². The van der Waals surface area contributed by atoms with E-state index < -0.39 is 0 Å². The average molecular weight is 323 g/mol. The molecule has 3 aromatic rings. The minimum Gasteiger partial charge on any atom is -0.335 e. The monoisotopic (exact) mass is 323 g/mol. The number of hydrogen-bond acceptors (Lipinski definition) is 5. The lowest BCUT2D eigenvalue weighted by molar-refractivity contribution is -0.120. The van der Waals surface area contributed by atoms with Gasteiger partial charge in [0, 0.05) is 50.1 Å². The van der Waals surface area contributed by atoms with Crippen molar-refractivity contribution in [2.24, 2.45) is 13.0 Å². The van der Waals surface area contributed by atoms with Crippen molar-refractivity contribution in [1.29, 1.82) is 0 Å². The molecule has 0 fully saturated rings. The number of rotatable bonds is 3. The fourth-order valence-electron chi connectivity index (χ4n) is 2.99. The highest BCUT2D eigenvalue weighted by atomic mass is 16.1. The third-order valence-electron chi connectivity index (χ3n) is 4.30. The second kappa shape index (κ2) is 5.88. The van der Waals surface area contributed by atoms with Gasteiger partial charge in [-0.25, -0.2) is 4.98 Å². The Bertz CT molecular complexity index is 882. The average Bonchev–Trinajstić information content (AvgIpc) is 3.22. The molecule has 1 aliphatic rings. The molecule has 0 saturated carbocycles. The minimum atomic E-state index is -0.0709. The van der Waals surface area contributed by atoms with Crippen LogP contribution in [-0.2, 0) is 24.8 Å². The van der Waals surface area contributed by atoms with Gasteiger partial charge in [-0.1, -0.05) is 0 Å². The van der Waals surface area contributed by atoms with E-state index in [1.165, 1.54) is 0 Å². The molecule has 8 nitrogen and oxygen atoms in total. The van der Waals surface area contributed by atoms with Crippen molar-refractivity contribution in [3.05, 3.63) is 43.0 Å². The highest BCUT2D eigenvalue weighted by molar-refractivity contribution is 5.93. The zero-order valence-corrected chi connectivity index (χ0v) is 13.3. The number of fused-ring (bicyclic) bond motifs is 1. The SMILES string of the molecule is Cn1cnnc1-c1cncc(NC(=O)C2CCn3ccnc3C2)c1. The van der Waals surface area contributed by atoms with E-state index in [0.717, 1.165) is 24.4 Å². The maximum absolute atomic E-state index is 12.6. The first-order chi connectivity index (χ1) is 11.7. The van der Waals surface area contributed by atoms with E-state index in [9.17, 15) is 4.79 Å². The Balaban J connectivity index is 1.50. The molecule has 1 aliphatic heterocycles. The standard InChI is InChI=1S/C16H17N7O/c1-22-10-19-21-15(22)12-6-13(9-17-8-12)20-16(24)11-2-4-23-5-3-18-14(23)7-11/h3,5-6,8-11H,2,4,7H2,1H3,(H,20,24). The summed E-state index contributed by atoms with van der Waals surface area (Å²) in [7, 11) is 1.87. The topological polar surface area (TPSA) is 90.5 Å². The Hall–Kier alpha value is -3.03. The van der Waals surface area contributed by atoms with Crippen LogP contribution in [0.4, 0.5) is 5.69 Å². The van der Waals surface area contributed by atoms with E-state index in [1.807, 2.05) is 23.9 Å². The number of imidazole rings is 1. The molecule has 24 heavy (non-hydrogen) atoms. The van der Waals surface area contributed by atoms with Gasteiger partial charge >= 0.3 is 0 Å². The number of hydrogen-bond donors (Lipinski definition) is 1. The fourth-order valence-corrected chi connectivity index (χ4v) is 2.99. The van der Waals surface area contributed by atoms with Gasteiger partial charge in [0.05, 0.1) is 11.9 Å². The van der Waals surface area contributed by atoms with Crippen molar-refractivity contribution in [1.82, 2.24) is 29.3 Å². The summed E-state index contributed by atoms with van der Waals surface area (Å²) >= 11 is 0. The molecule has 1 amide bonds. The summed E-state index contributed by atoms with van der Waals surface area (Å²) in [6.07, 6.45) is 10.2. The van der Waals surface area contributed by atoms with Crippen molar-refractivity contribution >= 4 is 11.6 Å². The molecule has 3 aromatic heterocycles. The molecular weight excluding hydrogens is 306 g/mol. The number of nitrogens with zero attached hydrogens (tertiary/aromatic N) is 6. The van der Waals surface area contributed by atoms with Crippen molar-refractivity contribution in [3.8, 4) is 11.4 Å². The van der Waals surface area contributed by atoms with Gasteiger partial charge in [0.1, 0.15) is 12.2 Å². The summed E-state index contributed by atoms with van der Waals surface area (Å²) in [5.74, 6) is 1.60. The smallest absolute Gasteiger partial charge is 0.228 e. The maximum Gasteiger partial charge on any atom is 0.228 e. The van der Waals surface area contributed by atoms with Gasteiger partial charge in [-0.05, 0) is 12.5 Å². The number of carbonyl (C=O) groups is 1. The van der Waals surface area contributed by atoms with Gasteiger partial charge < -0.3 is 14.5 Å². The van der Waals surface area contributed by atoms with Gasteiger partial charge in [0.15, 0.2) is 5.82 Å². The van der Waals surface area contributed by atoms with Gasteiger partial charge in [0.2, 0.25) is 5.91 Å². The normalized spacial score (nSPS) is 16.6.